The molecule has 33 heavy (non-hydrogen) atoms. The summed E-state index contributed by atoms with van der Waals surface area (Å²) in [5.74, 6) is -0.690. The first kappa shape index (κ1) is 26.4. The highest BCUT2D eigenvalue weighted by molar-refractivity contribution is 7.92. The zero-order valence-corrected chi connectivity index (χ0v) is 20.9. The minimum atomic E-state index is -3.73. The van der Waals surface area contributed by atoms with Gasteiger partial charge in [-0.05, 0) is 49.9 Å². The van der Waals surface area contributed by atoms with Crippen molar-refractivity contribution in [2.45, 2.75) is 59.2 Å². The zero-order chi connectivity index (χ0) is 24.6. The molecule has 7 nitrogen and oxygen atoms in total. The second-order valence-electron chi connectivity index (χ2n) is 8.38. The average Bonchev–Trinajstić information content (AvgIpc) is 2.76. The number of sulfonamides is 1. The summed E-state index contributed by atoms with van der Waals surface area (Å²) in [6.45, 7) is 7.40. The molecule has 0 radical (unpaired) electrons. The quantitative estimate of drug-likeness (QED) is 0.542. The van der Waals surface area contributed by atoms with Crippen molar-refractivity contribution in [3.63, 3.8) is 0 Å². The summed E-state index contributed by atoms with van der Waals surface area (Å²) in [4.78, 5) is 27.9. The van der Waals surface area contributed by atoms with E-state index in [9.17, 15) is 18.0 Å². The SMILES string of the molecule is CCc1ccc(N(CC(=O)N(Cc2ccccc2)C(CC)C(=O)NC(C)C)S(C)(=O)=O)cc1. The number of benzene rings is 2. The van der Waals surface area contributed by atoms with E-state index in [1.807, 2.05) is 70.2 Å². The summed E-state index contributed by atoms with van der Waals surface area (Å²) in [5.41, 5.74) is 2.35. The fourth-order valence-corrected chi connectivity index (χ4v) is 4.44. The molecule has 2 aromatic carbocycles. The largest absolute Gasteiger partial charge is 0.352 e. The number of carbonyl (C=O) groups is 2. The molecule has 0 spiro atoms. The lowest BCUT2D eigenvalue weighted by Crippen LogP contribution is -2.53. The molecule has 1 atom stereocenters. The van der Waals surface area contributed by atoms with Crippen LogP contribution >= 0.6 is 0 Å². The van der Waals surface area contributed by atoms with Crippen LogP contribution in [-0.4, -0.2) is 50.0 Å². The van der Waals surface area contributed by atoms with Gasteiger partial charge in [-0.2, -0.15) is 0 Å². The van der Waals surface area contributed by atoms with Crippen LogP contribution in [0.5, 0.6) is 0 Å². The standard InChI is InChI=1S/C25H35N3O4S/c1-6-20-13-15-22(16-14-20)28(33(5,31)32)18-24(29)27(17-21-11-9-8-10-12-21)23(7-2)25(30)26-19(3)4/h8-16,19,23H,6-7,17-18H2,1-5H3,(H,26,30). The molecule has 0 aliphatic heterocycles. The molecule has 0 saturated heterocycles. The van der Waals surface area contributed by atoms with Crippen molar-refractivity contribution < 1.29 is 18.0 Å². The maximum Gasteiger partial charge on any atom is 0.244 e. The lowest BCUT2D eigenvalue weighted by molar-refractivity contribution is -0.140. The van der Waals surface area contributed by atoms with Gasteiger partial charge in [-0.1, -0.05) is 56.3 Å². The first-order valence-corrected chi connectivity index (χ1v) is 13.1. The topological polar surface area (TPSA) is 86.8 Å². The molecule has 180 valence electrons. The number of rotatable bonds is 11. The third kappa shape index (κ3) is 7.60. The number of anilines is 1. The van der Waals surface area contributed by atoms with Crippen molar-refractivity contribution in [2.75, 3.05) is 17.1 Å². The van der Waals surface area contributed by atoms with Gasteiger partial charge in [-0.3, -0.25) is 13.9 Å². The van der Waals surface area contributed by atoms with E-state index < -0.39 is 22.0 Å². The van der Waals surface area contributed by atoms with Gasteiger partial charge in [0.2, 0.25) is 21.8 Å². The Morgan fingerprint density at radius 1 is 0.939 bits per heavy atom. The van der Waals surface area contributed by atoms with Crippen LogP contribution < -0.4 is 9.62 Å². The number of amides is 2. The van der Waals surface area contributed by atoms with Crippen molar-refractivity contribution in [1.82, 2.24) is 10.2 Å². The van der Waals surface area contributed by atoms with E-state index in [1.54, 1.807) is 12.1 Å². The maximum absolute atomic E-state index is 13.5. The van der Waals surface area contributed by atoms with Crippen molar-refractivity contribution in [2.24, 2.45) is 0 Å². The van der Waals surface area contributed by atoms with Gasteiger partial charge in [-0.15, -0.1) is 0 Å². The van der Waals surface area contributed by atoms with Crippen LogP contribution in [0.2, 0.25) is 0 Å². The van der Waals surface area contributed by atoms with Crippen LogP contribution in [0.25, 0.3) is 0 Å². The Kier molecular flexibility index (Phi) is 9.46. The predicted octanol–water partition coefficient (Wildman–Crippen LogP) is 3.35. The Hall–Kier alpha value is -2.87. The molecule has 0 bridgehead atoms. The summed E-state index contributed by atoms with van der Waals surface area (Å²) in [6, 6.07) is 15.7. The van der Waals surface area contributed by atoms with Crippen molar-refractivity contribution >= 4 is 27.5 Å². The number of nitrogens with zero attached hydrogens (tertiary/aromatic N) is 2. The van der Waals surface area contributed by atoms with Gasteiger partial charge < -0.3 is 10.2 Å². The molecule has 0 fully saturated rings. The van der Waals surface area contributed by atoms with E-state index in [1.165, 1.54) is 4.90 Å². The van der Waals surface area contributed by atoms with Crippen molar-refractivity contribution in [3.8, 4) is 0 Å². The Labute approximate surface area is 197 Å². The summed E-state index contributed by atoms with van der Waals surface area (Å²) < 4.78 is 26.3. The van der Waals surface area contributed by atoms with Crippen LogP contribution in [0, 0.1) is 0 Å². The predicted molar refractivity (Wildman–Crippen MR) is 132 cm³/mol. The zero-order valence-electron chi connectivity index (χ0n) is 20.1. The molecule has 0 saturated carbocycles. The van der Waals surface area contributed by atoms with Gasteiger partial charge in [0.25, 0.3) is 0 Å². The Balaban J connectivity index is 2.40. The number of aryl methyl sites for hydroxylation is 1. The molecule has 0 aliphatic carbocycles. The van der Waals surface area contributed by atoms with E-state index in [0.717, 1.165) is 28.1 Å². The van der Waals surface area contributed by atoms with E-state index in [4.69, 9.17) is 0 Å². The average molecular weight is 474 g/mol. The summed E-state index contributed by atoms with van der Waals surface area (Å²) in [7, 11) is -3.73. The number of nitrogens with one attached hydrogen (secondary N) is 1. The van der Waals surface area contributed by atoms with Crippen LogP contribution in [0.4, 0.5) is 5.69 Å². The molecule has 1 N–H and O–H groups in total. The van der Waals surface area contributed by atoms with Gasteiger partial charge in [-0.25, -0.2) is 8.42 Å². The summed E-state index contributed by atoms with van der Waals surface area (Å²) in [6.07, 6.45) is 2.31. The number of hydrogen-bond acceptors (Lipinski definition) is 4. The minimum Gasteiger partial charge on any atom is -0.352 e. The lowest BCUT2D eigenvalue weighted by Gasteiger charge is -2.33. The molecule has 1 unspecified atom stereocenters. The van der Waals surface area contributed by atoms with Crippen LogP contribution in [-0.2, 0) is 32.6 Å². The third-order valence-electron chi connectivity index (χ3n) is 5.32. The van der Waals surface area contributed by atoms with E-state index in [2.05, 4.69) is 5.32 Å². The van der Waals surface area contributed by atoms with Gasteiger partial charge in [0.05, 0.1) is 11.9 Å². The Bertz CT molecular complexity index is 1020. The second-order valence-corrected chi connectivity index (χ2v) is 10.3. The highest BCUT2D eigenvalue weighted by atomic mass is 32.2. The van der Waals surface area contributed by atoms with Crippen LogP contribution in [0.3, 0.4) is 0 Å². The van der Waals surface area contributed by atoms with E-state index in [0.29, 0.717) is 12.1 Å². The number of carbonyl (C=O) groups excluding carboxylic acids is 2. The smallest absolute Gasteiger partial charge is 0.244 e. The van der Waals surface area contributed by atoms with Gasteiger partial charge in [0.1, 0.15) is 12.6 Å². The Morgan fingerprint density at radius 3 is 2.03 bits per heavy atom. The van der Waals surface area contributed by atoms with Crippen LogP contribution in [0.15, 0.2) is 54.6 Å². The highest BCUT2D eigenvalue weighted by Gasteiger charge is 2.31. The van der Waals surface area contributed by atoms with Crippen molar-refractivity contribution in [1.29, 1.82) is 0 Å². The van der Waals surface area contributed by atoms with Crippen molar-refractivity contribution in [3.05, 3.63) is 65.7 Å². The molecule has 0 aliphatic rings. The molecular formula is C25H35N3O4S. The maximum atomic E-state index is 13.5. The monoisotopic (exact) mass is 473 g/mol. The second kappa shape index (κ2) is 11.8. The van der Waals surface area contributed by atoms with Crippen LogP contribution in [0.1, 0.15) is 45.2 Å². The molecule has 2 aromatic rings. The summed E-state index contributed by atoms with van der Waals surface area (Å²) in [5, 5.41) is 2.88. The number of hydrogen-bond donors (Lipinski definition) is 1. The van der Waals surface area contributed by atoms with Gasteiger partial charge in [0, 0.05) is 12.6 Å². The van der Waals surface area contributed by atoms with E-state index >= 15 is 0 Å². The molecule has 0 aromatic heterocycles. The normalized spacial score (nSPS) is 12.3. The molecule has 2 rings (SSSR count). The molecular weight excluding hydrogens is 438 g/mol. The fraction of sp³-hybridized carbons (Fsp3) is 0.440. The highest BCUT2D eigenvalue weighted by Crippen LogP contribution is 2.20. The molecule has 8 heteroatoms. The van der Waals surface area contributed by atoms with Gasteiger partial charge >= 0.3 is 0 Å². The first-order chi connectivity index (χ1) is 15.6. The molecule has 2 amide bonds. The van der Waals surface area contributed by atoms with Gasteiger partial charge in [0.15, 0.2) is 0 Å². The lowest BCUT2D eigenvalue weighted by atomic mass is 10.1. The van der Waals surface area contributed by atoms with E-state index in [-0.39, 0.29) is 25.0 Å². The third-order valence-corrected chi connectivity index (χ3v) is 6.46. The Morgan fingerprint density at radius 2 is 1.55 bits per heavy atom. The first-order valence-electron chi connectivity index (χ1n) is 11.3. The molecule has 0 heterocycles. The fourth-order valence-electron chi connectivity index (χ4n) is 3.59. The summed E-state index contributed by atoms with van der Waals surface area (Å²) >= 11 is 0. The minimum absolute atomic E-state index is 0.0789.